The third-order valence-electron chi connectivity index (χ3n) is 4.24. The van der Waals surface area contributed by atoms with Gasteiger partial charge in [-0.05, 0) is 63.6 Å². The third-order valence-corrected chi connectivity index (χ3v) is 4.24. The van der Waals surface area contributed by atoms with Crippen molar-refractivity contribution in [1.82, 2.24) is 4.90 Å². The van der Waals surface area contributed by atoms with E-state index in [-0.39, 0.29) is 11.7 Å². The van der Waals surface area contributed by atoms with Gasteiger partial charge in [0.1, 0.15) is 17.5 Å². The van der Waals surface area contributed by atoms with E-state index in [9.17, 15) is 14.0 Å². The molecule has 0 N–H and O–H groups in total. The highest BCUT2D eigenvalue weighted by molar-refractivity contribution is 5.82. The molecule has 1 aliphatic heterocycles. The lowest BCUT2D eigenvalue weighted by molar-refractivity contribution is -0.150. The van der Waals surface area contributed by atoms with Gasteiger partial charge >= 0.3 is 12.1 Å². The van der Waals surface area contributed by atoms with Crippen molar-refractivity contribution in [2.75, 3.05) is 13.7 Å². The number of esters is 1. The summed E-state index contributed by atoms with van der Waals surface area (Å²) in [6.45, 7) is 5.82. The highest BCUT2D eigenvalue weighted by atomic mass is 19.1. The molecule has 2 rings (SSSR count). The molecule has 0 aromatic heterocycles. The average Bonchev–Trinajstić information content (AvgIpc) is 2.54. The van der Waals surface area contributed by atoms with Crippen LogP contribution in [0.3, 0.4) is 0 Å². The number of ether oxygens (including phenoxy) is 2. The second kappa shape index (κ2) is 7.85. The SMILES string of the molecule is COC(=O)C1C(Cc2ccc(F)cc2)CCCN1C(=O)OC(C)(C)C. The number of nitrogens with zero attached hydrogens (tertiary/aromatic N) is 1. The number of methoxy groups -OCH3 is 1. The zero-order valence-electron chi connectivity index (χ0n) is 15.3. The maximum absolute atomic E-state index is 13.1. The van der Waals surface area contributed by atoms with Gasteiger partial charge in [0, 0.05) is 6.54 Å². The summed E-state index contributed by atoms with van der Waals surface area (Å²) < 4.78 is 23.5. The summed E-state index contributed by atoms with van der Waals surface area (Å²) >= 11 is 0. The zero-order chi connectivity index (χ0) is 18.6. The maximum atomic E-state index is 13.1. The monoisotopic (exact) mass is 351 g/mol. The van der Waals surface area contributed by atoms with Crippen molar-refractivity contribution >= 4 is 12.1 Å². The van der Waals surface area contributed by atoms with Gasteiger partial charge in [0.05, 0.1) is 7.11 Å². The van der Waals surface area contributed by atoms with Crippen LogP contribution in [0.2, 0.25) is 0 Å². The number of carbonyl (C=O) groups excluding carboxylic acids is 2. The summed E-state index contributed by atoms with van der Waals surface area (Å²) in [4.78, 5) is 26.4. The van der Waals surface area contributed by atoms with Crippen molar-refractivity contribution in [3.05, 3.63) is 35.6 Å². The topological polar surface area (TPSA) is 55.8 Å². The fraction of sp³-hybridized carbons (Fsp3) is 0.579. The second-order valence-corrected chi connectivity index (χ2v) is 7.37. The molecule has 2 unspecified atom stereocenters. The van der Waals surface area contributed by atoms with Crippen LogP contribution in [0.25, 0.3) is 0 Å². The van der Waals surface area contributed by atoms with Gasteiger partial charge in [0.25, 0.3) is 0 Å². The first-order valence-corrected chi connectivity index (χ1v) is 8.53. The summed E-state index contributed by atoms with van der Waals surface area (Å²) in [5, 5.41) is 0. The molecule has 1 aliphatic rings. The van der Waals surface area contributed by atoms with E-state index in [1.165, 1.54) is 24.1 Å². The Morgan fingerprint density at radius 1 is 1.24 bits per heavy atom. The molecule has 1 fully saturated rings. The molecule has 2 atom stereocenters. The summed E-state index contributed by atoms with van der Waals surface area (Å²) in [5.74, 6) is -0.843. The van der Waals surface area contributed by atoms with Crippen molar-refractivity contribution in [3.63, 3.8) is 0 Å². The van der Waals surface area contributed by atoms with Crippen LogP contribution in [0.4, 0.5) is 9.18 Å². The van der Waals surface area contributed by atoms with Gasteiger partial charge in [-0.3, -0.25) is 4.90 Å². The normalized spacial score (nSPS) is 20.9. The van der Waals surface area contributed by atoms with Gasteiger partial charge in [0.15, 0.2) is 0 Å². The quantitative estimate of drug-likeness (QED) is 0.782. The van der Waals surface area contributed by atoms with Gasteiger partial charge in [-0.1, -0.05) is 12.1 Å². The molecule has 138 valence electrons. The summed E-state index contributed by atoms with van der Waals surface area (Å²) in [7, 11) is 1.32. The van der Waals surface area contributed by atoms with Crippen molar-refractivity contribution < 1.29 is 23.5 Å². The summed E-state index contributed by atoms with van der Waals surface area (Å²) in [6.07, 6.45) is 1.63. The second-order valence-electron chi connectivity index (χ2n) is 7.37. The fourth-order valence-corrected chi connectivity index (χ4v) is 3.18. The van der Waals surface area contributed by atoms with E-state index in [1.54, 1.807) is 32.9 Å². The van der Waals surface area contributed by atoms with Crippen LogP contribution in [0.5, 0.6) is 0 Å². The standard InChI is InChI=1S/C19H26FNO4/c1-19(2,3)25-18(23)21-11-5-6-14(16(21)17(22)24-4)12-13-7-9-15(20)10-8-13/h7-10,14,16H,5-6,11-12H2,1-4H3. The molecule has 6 heteroatoms. The molecule has 25 heavy (non-hydrogen) atoms. The van der Waals surface area contributed by atoms with Gasteiger partial charge in [-0.2, -0.15) is 0 Å². The van der Waals surface area contributed by atoms with E-state index in [0.717, 1.165) is 18.4 Å². The summed E-state index contributed by atoms with van der Waals surface area (Å²) in [6, 6.07) is 5.51. The predicted octanol–water partition coefficient (Wildman–Crippen LogP) is 3.56. The molecule has 0 aliphatic carbocycles. The first-order chi connectivity index (χ1) is 11.7. The van der Waals surface area contributed by atoms with E-state index >= 15 is 0 Å². The largest absolute Gasteiger partial charge is 0.467 e. The number of hydrogen-bond acceptors (Lipinski definition) is 4. The van der Waals surface area contributed by atoms with Crippen LogP contribution in [0.15, 0.2) is 24.3 Å². The van der Waals surface area contributed by atoms with E-state index < -0.39 is 23.7 Å². The van der Waals surface area contributed by atoms with Crippen LogP contribution in [-0.4, -0.2) is 42.3 Å². The van der Waals surface area contributed by atoms with Gasteiger partial charge in [0.2, 0.25) is 0 Å². The van der Waals surface area contributed by atoms with Gasteiger partial charge in [-0.15, -0.1) is 0 Å². The minimum atomic E-state index is -0.696. The lowest BCUT2D eigenvalue weighted by Crippen LogP contribution is -2.54. The first-order valence-electron chi connectivity index (χ1n) is 8.53. The minimum absolute atomic E-state index is 0.0980. The Labute approximate surface area is 148 Å². The van der Waals surface area contributed by atoms with Crippen molar-refractivity contribution in [1.29, 1.82) is 0 Å². The Hall–Kier alpha value is -2.11. The van der Waals surface area contributed by atoms with E-state index in [0.29, 0.717) is 13.0 Å². The number of benzene rings is 1. The molecule has 0 saturated carbocycles. The van der Waals surface area contributed by atoms with Gasteiger partial charge < -0.3 is 9.47 Å². The van der Waals surface area contributed by atoms with Crippen molar-refractivity contribution in [2.24, 2.45) is 5.92 Å². The Balaban J connectivity index is 2.21. The minimum Gasteiger partial charge on any atom is -0.467 e. The van der Waals surface area contributed by atoms with Crippen LogP contribution >= 0.6 is 0 Å². The molecule has 1 aromatic rings. The van der Waals surface area contributed by atoms with E-state index in [4.69, 9.17) is 9.47 Å². The first kappa shape index (κ1) is 19.2. The molecule has 1 amide bonds. The molecule has 0 radical (unpaired) electrons. The lowest BCUT2D eigenvalue weighted by Gasteiger charge is -2.40. The van der Waals surface area contributed by atoms with Gasteiger partial charge in [-0.25, -0.2) is 14.0 Å². The number of halogens is 1. The van der Waals surface area contributed by atoms with Crippen LogP contribution in [0.1, 0.15) is 39.2 Å². The highest BCUT2D eigenvalue weighted by Gasteiger charge is 2.41. The number of amides is 1. The Kier molecular flexibility index (Phi) is 6.03. The number of hydrogen-bond donors (Lipinski definition) is 0. The number of piperidine rings is 1. The van der Waals surface area contributed by atoms with Crippen LogP contribution in [-0.2, 0) is 20.7 Å². The smallest absolute Gasteiger partial charge is 0.411 e. The maximum Gasteiger partial charge on any atom is 0.411 e. The highest BCUT2D eigenvalue weighted by Crippen LogP contribution is 2.29. The molecular weight excluding hydrogens is 325 g/mol. The van der Waals surface area contributed by atoms with E-state index in [2.05, 4.69) is 0 Å². The van der Waals surface area contributed by atoms with Crippen LogP contribution < -0.4 is 0 Å². The summed E-state index contributed by atoms with van der Waals surface area (Å²) in [5.41, 5.74) is 0.285. The lowest BCUT2D eigenvalue weighted by atomic mass is 9.84. The molecule has 5 nitrogen and oxygen atoms in total. The Morgan fingerprint density at radius 3 is 2.44 bits per heavy atom. The van der Waals surface area contributed by atoms with Crippen LogP contribution in [0, 0.1) is 11.7 Å². The van der Waals surface area contributed by atoms with Crippen molar-refractivity contribution in [3.8, 4) is 0 Å². The number of carbonyl (C=O) groups is 2. The molecular formula is C19H26FNO4. The predicted molar refractivity (Wildman–Crippen MR) is 91.6 cm³/mol. The molecule has 0 bridgehead atoms. The Bertz CT molecular complexity index is 609. The van der Waals surface area contributed by atoms with Crippen molar-refractivity contribution in [2.45, 2.75) is 51.7 Å². The zero-order valence-corrected chi connectivity index (χ0v) is 15.3. The number of rotatable bonds is 3. The third kappa shape index (κ3) is 5.18. The molecule has 1 heterocycles. The average molecular weight is 351 g/mol. The fourth-order valence-electron chi connectivity index (χ4n) is 3.18. The van der Waals surface area contributed by atoms with E-state index in [1.807, 2.05) is 0 Å². The molecule has 1 aromatic carbocycles. The molecule has 1 saturated heterocycles. The Morgan fingerprint density at radius 2 is 1.88 bits per heavy atom. The molecule has 0 spiro atoms. The number of likely N-dealkylation sites (tertiary alicyclic amines) is 1.